The van der Waals surface area contributed by atoms with Crippen molar-refractivity contribution in [2.45, 2.75) is 46.1 Å². The first kappa shape index (κ1) is 24.4. The van der Waals surface area contributed by atoms with E-state index in [0.29, 0.717) is 44.7 Å². The predicted molar refractivity (Wildman–Crippen MR) is 121 cm³/mol. The lowest BCUT2D eigenvalue weighted by Crippen LogP contribution is -2.27. The van der Waals surface area contributed by atoms with Crippen molar-refractivity contribution in [3.63, 3.8) is 0 Å². The Kier molecular flexibility index (Phi) is 8.59. The normalized spacial score (nSPS) is 15.6. The summed E-state index contributed by atoms with van der Waals surface area (Å²) < 4.78 is 12.9. The lowest BCUT2D eigenvalue weighted by atomic mass is 10.1. The van der Waals surface area contributed by atoms with Crippen molar-refractivity contribution >= 4 is 17.8 Å². The second kappa shape index (κ2) is 11.6. The third kappa shape index (κ3) is 6.41. The highest BCUT2D eigenvalue weighted by Crippen LogP contribution is 2.20. The molecule has 0 radical (unpaired) electrons. The van der Waals surface area contributed by atoms with Crippen LogP contribution in [0.5, 0.6) is 0 Å². The second-order valence-electron chi connectivity index (χ2n) is 8.22. The van der Waals surface area contributed by atoms with Gasteiger partial charge < -0.3 is 19.9 Å². The number of nitrogens with one attached hydrogen (secondary N) is 1. The van der Waals surface area contributed by atoms with E-state index in [1.165, 1.54) is 24.3 Å². The molecule has 9 nitrogen and oxygen atoms in total. The number of nitrogens with zero attached hydrogens (tertiary/aromatic N) is 2. The summed E-state index contributed by atoms with van der Waals surface area (Å²) in [5.74, 6) is -1.85. The molecule has 2 aromatic rings. The Hall–Kier alpha value is -3.20. The summed E-state index contributed by atoms with van der Waals surface area (Å²) in [6, 6.07) is 5.76. The maximum Gasteiger partial charge on any atom is 0.338 e. The number of carbonyl (C=O) groups is 3. The number of ether oxygens (including phenoxy) is 2. The predicted octanol–water partition coefficient (Wildman–Crippen LogP) is 2.72. The molecule has 1 aromatic heterocycles. The summed E-state index contributed by atoms with van der Waals surface area (Å²) in [5.41, 5.74) is 2.51. The molecule has 1 aromatic carbocycles. The van der Waals surface area contributed by atoms with Crippen LogP contribution in [0.1, 0.15) is 69.2 Å². The van der Waals surface area contributed by atoms with Crippen LogP contribution in [0, 0.1) is 5.92 Å². The molecule has 1 aliphatic heterocycles. The number of aromatic nitrogens is 2. The van der Waals surface area contributed by atoms with Crippen molar-refractivity contribution in [1.29, 1.82) is 0 Å². The summed E-state index contributed by atoms with van der Waals surface area (Å²) >= 11 is 0. The van der Waals surface area contributed by atoms with Crippen molar-refractivity contribution in [3.05, 3.63) is 52.3 Å². The minimum Gasteiger partial charge on any atom is -0.478 e. The van der Waals surface area contributed by atoms with E-state index in [2.05, 4.69) is 5.32 Å². The van der Waals surface area contributed by atoms with E-state index >= 15 is 0 Å². The summed E-state index contributed by atoms with van der Waals surface area (Å²) in [6.07, 6.45) is 2.87. The summed E-state index contributed by atoms with van der Waals surface area (Å²) in [6.45, 7) is 6.35. The smallest absolute Gasteiger partial charge is 0.338 e. The van der Waals surface area contributed by atoms with Crippen molar-refractivity contribution in [2.75, 3.05) is 26.4 Å². The number of carboxylic acids is 1. The first-order valence-corrected chi connectivity index (χ1v) is 11.4. The van der Waals surface area contributed by atoms with E-state index < -0.39 is 11.9 Å². The van der Waals surface area contributed by atoms with Gasteiger partial charge in [0.05, 0.1) is 34.7 Å². The average Bonchev–Trinajstić information content (AvgIpc) is 3.13. The van der Waals surface area contributed by atoms with Gasteiger partial charge in [-0.05, 0) is 43.9 Å². The molecule has 9 heteroatoms. The third-order valence-electron chi connectivity index (χ3n) is 5.47. The molecule has 0 saturated carbocycles. The minimum absolute atomic E-state index is 0.0320. The first-order chi connectivity index (χ1) is 15.9. The molecule has 2 N–H and O–H groups in total. The monoisotopic (exact) mass is 457 g/mol. The van der Waals surface area contributed by atoms with E-state index in [1.54, 1.807) is 0 Å². The molecular weight excluding hydrogens is 426 g/mol. The molecule has 1 aliphatic rings. The van der Waals surface area contributed by atoms with Gasteiger partial charge in [-0.25, -0.2) is 9.59 Å². The second-order valence-corrected chi connectivity index (χ2v) is 8.22. The molecule has 1 atom stereocenters. The maximum atomic E-state index is 12.8. The number of carboxylic acid groups (broad SMARTS) is 1. The number of hydrogen-bond acceptors (Lipinski definition) is 6. The maximum absolute atomic E-state index is 12.8. The van der Waals surface area contributed by atoms with Crippen LogP contribution >= 0.6 is 0 Å². The molecule has 0 bridgehead atoms. The standard InChI is InChI=1S/C24H31N3O6/c1-3-19-21-20(9-5-11-32-12-6-10-25-22(21)28)27(26-19)14-16(2)15-33-24(31)18-8-4-7-17(13-18)23(29)30/h4,7-8,13,16H,3,5-6,9-12,14-15H2,1-2H3,(H,25,28)(H,29,30)/t16-/m1/s1. The van der Waals surface area contributed by atoms with Crippen LogP contribution < -0.4 is 5.32 Å². The number of carbonyl (C=O) groups excluding carboxylic acids is 2. The van der Waals surface area contributed by atoms with Crippen LogP contribution in [-0.2, 0) is 28.9 Å². The van der Waals surface area contributed by atoms with Gasteiger partial charge >= 0.3 is 11.9 Å². The Morgan fingerprint density at radius 3 is 2.79 bits per heavy atom. The Morgan fingerprint density at radius 1 is 1.27 bits per heavy atom. The largest absolute Gasteiger partial charge is 0.478 e. The van der Waals surface area contributed by atoms with Gasteiger partial charge in [-0.3, -0.25) is 9.48 Å². The third-order valence-corrected chi connectivity index (χ3v) is 5.47. The first-order valence-electron chi connectivity index (χ1n) is 11.4. The molecule has 0 saturated heterocycles. The molecule has 33 heavy (non-hydrogen) atoms. The van der Waals surface area contributed by atoms with E-state index in [4.69, 9.17) is 19.7 Å². The Labute approximate surface area is 193 Å². The zero-order chi connectivity index (χ0) is 23.8. The number of amides is 1. The number of hydrogen-bond donors (Lipinski definition) is 2. The Morgan fingerprint density at radius 2 is 2.03 bits per heavy atom. The number of benzene rings is 1. The van der Waals surface area contributed by atoms with Gasteiger partial charge in [-0.2, -0.15) is 5.10 Å². The summed E-state index contributed by atoms with van der Waals surface area (Å²) in [4.78, 5) is 36.4. The number of aryl methyl sites for hydroxylation is 1. The minimum atomic E-state index is -1.10. The molecule has 0 fully saturated rings. The van der Waals surface area contributed by atoms with Crippen LogP contribution in [-0.4, -0.2) is 59.1 Å². The summed E-state index contributed by atoms with van der Waals surface area (Å²) in [5, 5.41) is 16.8. The molecule has 1 amide bonds. The molecule has 2 heterocycles. The van der Waals surface area contributed by atoms with Gasteiger partial charge in [0.25, 0.3) is 5.91 Å². The van der Waals surface area contributed by atoms with E-state index in [-0.39, 0.29) is 29.6 Å². The van der Waals surface area contributed by atoms with Crippen molar-refractivity contribution in [2.24, 2.45) is 5.92 Å². The molecule has 0 aliphatic carbocycles. The van der Waals surface area contributed by atoms with Crippen LogP contribution in [0.2, 0.25) is 0 Å². The van der Waals surface area contributed by atoms with Crippen LogP contribution in [0.4, 0.5) is 0 Å². The average molecular weight is 458 g/mol. The molecule has 3 rings (SSSR count). The van der Waals surface area contributed by atoms with Gasteiger partial charge in [0, 0.05) is 32.2 Å². The fraction of sp³-hybridized carbons (Fsp3) is 0.500. The zero-order valence-corrected chi connectivity index (χ0v) is 19.1. The zero-order valence-electron chi connectivity index (χ0n) is 19.1. The highest BCUT2D eigenvalue weighted by Gasteiger charge is 2.24. The van der Waals surface area contributed by atoms with Gasteiger partial charge in [-0.15, -0.1) is 0 Å². The van der Waals surface area contributed by atoms with Gasteiger partial charge in [0.15, 0.2) is 0 Å². The molecule has 0 spiro atoms. The fourth-order valence-electron chi connectivity index (χ4n) is 3.80. The number of esters is 1. The van der Waals surface area contributed by atoms with E-state index in [1.807, 2.05) is 18.5 Å². The van der Waals surface area contributed by atoms with Crippen molar-refractivity contribution in [3.8, 4) is 0 Å². The highest BCUT2D eigenvalue weighted by atomic mass is 16.5. The van der Waals surface area contributed by atoms with Crippen LogP contribution in [0.3, 0.4) is 0 Å². The van der Waals surface area contributed by atoms with E-state index in [9.17, 15) is 14.4 Å². The number of fused-ring (bicyclic) bond motifs is 1. The highest BCUT2D eigenvalue weighted by molar-refractivity contribution is 5.96. The molecular formula is C24H31N3O6. The molecule has 178 valence electrons. The van der Waals surface area contributed by atoms with E-state index in [0.717, 1.165) is 24.2 Å². The Bertz CT molecular complexity index is 1000. The SMILES string of the molecule is CCc1nn(C[C@@H](C)COC(=O)c2cccc(C(=O)O)c2)c2c1C(=O)NCCCOCCC2. The van der Waals surface area contributed by atoms with Gasteiger partial charge in [-0.1, -0.05) is 19.9 Å². The number of aromatic carboxylic acids is 1. The van der Waals surface area contributed by atoms with Gasteiger partial charge in [0.1, 0.15) is 0 Å². The quantitative estimate of drug-likeness (QED) is 0.614. The van der Waals surface area contributed by atoms with Crippen LogP contribution in [0.25, 0.3) is 0 Å². The van der Waals surface area contributed by atoms with Gasteiger partial charge in [0.2, 0.25) is 0 Å². The van der Waals surface area contributed by atoms with Crippen molar-refractivity contribution < 1.29 is 29.0 Å². The lowest BCUT2D eigenvalue weighted by Gasteiger charge is -2.15. The topological polar surface area (TPSA) is 120 Å². The number of rotatable bonds is 7. The van der Waals surface area contributed by atoms with Crippen LogP contribution in [0.15, 0.2) is 24.3 Å². The molecule has 0 unspecified atom stereocenters. The summed E-state index contributed by atoms with van der Waals surface area (Å²) in [7, 11) is 0. The Balaban J connectivity index is 1.70. The fourth-order valence-corrected chi connectivity index (χ4v) is 3.80. The van der Waals surface area contributed by atoms with Crippen molar-refractivity contribution in [1.82, 2.24) is 15.1 Å². The lowest BCUT2D eigenvalue weighted by molar-refractivity contribution is 0.0435.